The third-order valence-electron chi connectivity index (χ3n) is 6.78. The zero-order chi connectivity index (χ0) is 22.6. The fourth-order valence-corrected chi connectivity index (χ4v) is 4.77. The van der Waals surface area contributed by atoms with Crippen molar-refractivity contribution >= 4 is 17.6 Å². The molecule has 1 aromatic heterocycles. The van der Waals surface area contributed by atoms with Crippen LogP contribution in [0.2, 0.25) is 0 Å². The van der Waals surface area contributed by atoms with E-state index in [1.54, 1.807) is 7.11 Å². The van der Waals surface area contributed by atoms with Crippen molar-refractivity contribution in [1.29, 1.82) is 0 Å². The number of ether oxygens (including phenoxy) is 2. The number of carbonyl (C=O) groups excluding carboxylic acids is 1. The number of halogens is 2. The molecule has 172 valence electrons. The fourth-order valence-electron chi connectivity index (χ4n) is 4.77. The molecule has 5 rings (SSSR count). The summed E-state index contributed by atoms with van der Waals surface area (Å²) < 4.78 is 45.9. The first-order valence-corrected chi connectivity index (χ1v) is 11.1. The van der Waals surface area contributed by atoms with E-state index < -0.39 is 17.5 Å². The van der Waals surface area contributed by atoms with E-state index in [1.807, 2.05) is 18.7 Å². The number of carbonyl (C=O) groups is 1. The van der Waals surface area contributed by atoms with Crippen LogP contribution >= 0.6 is 0 Å². The number of fused-ring (bicyclic) bond motifs is 1. The van der Waals surface area contributed by atoms with E-state index in [2.05, 4.69) is 10.3 Å². The molecule has 0 radical (unpaired) electrons. The van der Waals surface area contributed by atoms with E-state index in [1.165, 1.54) is 6.42 Å². The van der Waals surface area contributed by atoms with Crippen molar-refractivity contribution in [3.05, 3.63) is 35.2 Å². The molecule has 3 aliphatic rings. The van der Waals surface area contributed by atoms with Crippen LogP contribution in [-0.4, -0.2) is 42.8 Å². The SMILES string of the molecule is CCc1oc(N2CC(C)(OC)C2)nc1C(=O)Nc1cc(F)c(O[C@H]2CC3C[C@H]3C2)c(F)c1. The molecular weight excluding hydrogens is 420 g/mol. The Labute approximate surface area is 185 Å². The number of rotatable bonds is 7. The van der Waals surface area contributed by atoms with Gasteiger partial charge in [-0.15, -0.1) is 0 Å². The van der Waals surface area contributed by atoms with Crippen molar-refractivity contribution in [2.75, 3.05) is 30.4 Å². The van der Waals surface area contributed by atoms with Gasteiger partial charge in [0.25, 0.3) is 11.9 Å². The lowest BCUT2D eigenvalue weighted by Gasteiger charge is -2.45. The molecule has 2 saturated carbocycles. The monoisotopic (exact) mass is 447 g/mol. The highest BCUT2D eigenvalue weighted by Gasteiger charge is 2.47. The van der Waals surface area contributed by atoms with E-state index >= 15 is 0 Å². The van der Waals surface area contributed by atoms with Gasteiger partial charge in [0.2, 0.25) is 0 Å². The maximum absolute atomic E-state index is 14.6. The lowest BCUT2D eigenvalue weighted by Crippen LogP contribution is -2.61. The van der Waals surface area contributed by atoms with Gasteiger partial charge in [0.05, 0.1) is 19.2 Å². The van der Waals surface area contributed by atoms with Gasteiger partial charge < -0.3 is 24.1 Å². The van der Waals surface area contributed by atoms with Gasteiger partial charge in [0.1, 0.15) is 11.4 Å². The number of anilines is 2. The van der Waals surface area contributed by atoms with Crippen molar-refractivity contribution in [3.63, 3.8) is 0 Å². The molecule has 3 atom stereocenters. The second-order valence-electron chi connectivity index (χ2n) is 9.32. The van der Waals surface area contributed by atoms with Gasteiger partial charge in [0.15, 0.2) is 23.1 Å². The molecule has 3 fully saturated rings. The molecule has 0 spiro atoms. The predicted octanol–water partition coefficient (Wildman–Crippen LogP) is 4.17. The summed E-state index contributed by atoms with van der Waals surface area (Å²) in [4.78, 5) is 19.0. The van der Waals surface area contributed by atoms with E-state index in [0.29, 0.717) is 43.1 Å². The van der Waals surface area contributed by atoms with Crippen LogP contribution in [-0.2, 0) is 11.2 Å². The van der Waals surface area contributed by atoms with Gasteiger partial charge in [-0.2, -0.15) is 4.98 Å². The maximum atomic E-state index is 14.6. The Bertz CT molecular complexity index is 1020. The Hall–Kier alpha value is -2.68. The molecule has 1 saturated heterocycles. The predicted molar refractivity (Wildman–Crippen MR) is 113 cm³/mol. The minimum Gasteiger partial charge on any atom is -0.484 e. The highest BCUT2D eigenvalue weighted by molar-refractivity contribution is 6.03. The van der Waals surface area contributed by atoms with Crippen LogP contribution < -0.4 is 15.0 Å². The second kappa shape index (κ2) is 7.72. The highest BCUT2D eigenvalue weighted by Crippen LogP contribution is 2.52. The van der Waals surface area contributed by atoms with Gasteiger partial charge in [-0.3, -0.25) is 4.79 Å². The zero-order valence-corrected chi connectivity index (χ0v) is 18.4. The van der Waals surface area contributed by atoms with Crippen LogP contribution in [0.5, 0.6) is 5.75 Å². The molecule has 2 heterocycles. The standard InChI is InChI=1S/C23H27F2N3O4/c1-4-18-19(27-22(32-18)28-10-23(2,11-28)30-3)21(29)26-14-8-16(24)20(17(25)9-14)31-15-6-12-5-13(12)7-15/h8-9,12-13,15H,4-7,10-11H2,1-3H3,(H,26,29)/t12-,13?,15+/m0/s1. The molecule has 1 aliphatic heterocycles. The van der Waals surface area contributed by atoms with Crippen LogP contribution in [0.1, 0.15) is 49.4 Å². The summed E-state index contributed by atoms with van der Waals surface area (Å²) in [6.45, 7) is 5.00. The smallest absolute Gasteiger partial charge is 0.298 e. The number of nitrogens with zero attached hydrogens (tertiary/aromatic N) is 2. The van der Waals surface area contributed by atoms with E-state index in [9.17, 15) is 13.6 Å². The third kappa shape index (κ3) is 3.83. The number of methoxy groups -OCH3 is 1. The molecular formula is C23H27F2N3O4. The van der Waals surface area contributed by atoms with Gasteiger partial charge in [-0.25, -0.2) is 8.78 Å². The van der Waals surface area contributed by atoms with E-state index in [0.717, 1.165) is 25.0 Å². The molecule has 0 bridgehead atoms. The first-order valence-electron chi connectivity index (χ1n) is 11.1. The van der Waals surface area contributed by atoms with Crippen LogP contribution in [0.15, 0.2) is 16.5 Å². The molecule has 2 aromatic rings. The maximum Gasteiger partial charge on any atom is 0.298 e. The number of aromatic nitrogens is 1. The number of nitrogens with one attached hydrogen (secondary N) is 1. The topological polar surface area (TPSA) is 76.8 Å². The van der Waals surface area contributed by atoms with Gasteiger partial charge in [-0.1, -0.05) is 6.92 Å². The molecule has 1 unspecified atom stereocenters. The lowest BCUT2D eigenvalue weighted by molar-refractivity contribution is -0.0191. The number of hydrogen-bond donors (Lipinski definition) is 1. The average molecular weight is 447 g/mol. The largest absolute Gasteiger partial charge is 0.484 e. The first-order chi connectivity index (χ1) is 15.3. The number of oxazole rings is 1. The third-order valence-corrected chi connectivity index (χ3v) is 6.78. The number of benzene rings is 1. The highest BCUT2D eigenvalue weighted by atomic mass is 19.1. The normalized spacial score (nSPS) is 25.3. The zero-order valence-electron chi connectivity index (χ0n) is 18.4. The van der Waals surface area contributed by atoms with E-state index in [4.69, 9.17) is 13.9 Å². The number of amides is 1. The van der Waals surface area contributed by atoms with Crippen LogP contribution in [0.4, 0.5) is 20.5 Å². The summed E-state index contributed by atoms with van der Waals surface area (Å²) in [5.41, 5.74) is -0.185. The molecule has 7 nitrogen and oxygen atoms in total. The summed E-state index contributed by atoms with van der Waals surface area (Å²) in [5.74, 6) is -0.951. The quantitative estimate of drug-likeness (QED) is 0.687. The lowest BCUT2D eigenvalue weighted by atomic mass is 9.97. The fraction of sp³-hybridized carbons (Fsp3) is 0.565. The van der Waals surface area contributed by atoms with Gasteiger partial charge in [-0.05, 0) is 38.0 Å². The Balaban J connectivity index is 1.28. The summed E-state index contributed by atoms with van der Waals surface area (Å²) in [7, 11) is 1.65. The molecule has 1 aromatic carbocycles. The van der Waals surface area contributed by atoms with Crippen molar-refractivity contribution in [1.82, 2.24) is 4.98 Å². The Morgan fingerprint density at radius 3 is 2.50 bits per heavy atom. The molecule has 2 aliphatic carbocycles. The summed E-state index contributed by atoms with van der Waals surface area (Å²) >= 11 is 0. The Morgan fingerprint density at radius 2 is 1.91 bits per heavy atom. The number of hydrogen-bond acceptors (Lipinski definition) is 6. The Kier molecular flexibility index (Phi) is 5.11. The van der Waals surface area contributed by atoms with Gasteiger partial charge >= 0.3 is 0 Å². The summed E-state index contributed by atoms with van der Waals surface area (Å²) in [5, 5.41) is 2.53. The summed E-state index contributed by atoms with van der Waals surface area (Å²) in [6.07, 6.45) is 3.19. The van der Waals surface area contributed by atoms with Crippen molar-refractivity contribution in [2.24, 2.45) is 11.8 Å². The van der Waals surface area contributed by atoms with Crippen LogP contribution in [0, 0.1) is 23.5 Å². The summed E-state index contributed by atoms with van der Waals surface area (Å²) in [6, 6.07) is 2.47. The van der Waals surface area contributed by atoms with Gasteiger partial charge in [0, 0.05) is 31.4 Å². The van der Waals surface area contributed by atoms with Crippen LogP contribution in [0.3, 0.4) is 0 Å². The number of aryl methyl sites for hydroxylation is 1. The van der Waals surface area contributed by atoms with Crippen molar-refractivity contribution in [2.45, 2.75) is 51.2 Å². The molecule has 1 amide bonds. The Morgan fingerprint density at radius 1 is 1.25 bits per heavy atom. The van der Waals surface area contributed by atoms with Crippen molar-refractivity contribution in [3.8, 4) is 5.75 Å². The van der Waals surface area contributed by atoms with Crippen LogP contribution in [0.25, 0.3) is 0 Å². The van der Waals surface area contributed by atoms with E-state index in [-0.39, 0.29) is 28.8 Å². The average Bonchev–Trinajstić information content (AvgIpc) is 3.15. The first kappa shape index (κ1) is 21.2. The second-order valence-corrected chi connectivity index (χ2v) is 9.32. The minimum absolute atomic E-state index is 0.00543. The molecule has 9 heteroatoms. The molecule has 1 N–H and O–H groups in total. The molecule has 32 heavy (non-hydrogen) atoms. The minimum atomic E-state index is -0.836. The van der Waals surface area contributed by atoms with Crippen molar-refractivity contribution < 1.29 is 27.5 Å².